The summed E-state index contributed by atoms with van der Waals surface area (Å²) in [5.41, 5.74) is 1.13. The van der Waals surface area contributed by atoms with Crippen LogP contribution in [0.1, 0.15) is 61.9 Å². The third kappa shape index (κ3) is 2.90. The fraction of sp³-hybridized carbons (Fsp3) is 0.611. The number of nitrogens with zero attached hydrogens (tertiary/aromatic N) is 3. The molecule has 2 N–H and O–H groups in total. The molecule has 1 saturated carbocycles. The number of carbonyl (C=O) groups is 1. The molecule has 6 heteroatoms. The first-order valence-electron chi connectivity index (χ1n) is 9.05. The van der Waals surface area contributed by atoms with Crippen LogP contribution in [0.5, 0.6) is 0 Å². The van der Waals surface area contributed by atoms with Crippen LogP contribution in [-0.2, 0) is 0 Å². The first-order chi connectivity index (χ1) is 11.7. The van der Waals surface area contributed by atoms with Gasteiger partial charge in [0.25, 0.3) is 0 Å². The number of pyridine rings is 1. The Balaban J connectivity index is 1.55. The molecule has 0 spiro atoms. The van der Waals surface area contributed by atoms with Crippen LogP contribution in [0.3, 0.4) is 0 Å². The van der Waals surface area contributed by atoms with Crippen LogP contribution in [0.4, 0.5) is 5.82 Å². The van der Waals surface area contributed by atoms with Crippen molar-refractivity contribution >= 4 is 22.6 Å². The number of aromatic amines is 1. The molecular formula is C18H24N4O2. The summed E-state index contributed by atoms with van der Waals surface area (Å²) < 4.78 is 0. The Hall–Kier alpha value is -1.95. The molecule has 6 nitrogen and oxygen atoms in total. The monoisotopic (exact) mass is 328 g/mol. The quantitative estimate of drug-likeness (QED) is 0.843. The van der Waals surface area contributed by atoms with Gasteiger partial charge in [0.1, 0.15) is 17.7 Å². The van der Waals surface area contributed by atoms with E-state index in [1.807, 2.05) is 17.0 Å². The van der Waals surface area contributed by atoms with Crippen molar-refractivity contribution in [3.63, 3.8) is 0 Å². The number of hydrogen-bond donors (Lipinski definition) is 2. The zero-order valence-electron chi connectivity index (χ0n) is 13.9. The van der Waals surface area contributed by atoms with E-state index < -0.39 is 6.23 Å². The number of fused-ring (bicyclic) bond motifs is 1. The van der Waals surface area contributed by atoms with Crippen molar-refractivity contribution in [2.45, 2.75) is 57.6 Å². The van der Waals surface area contributed by atoms with Crippen LogP contribution in [0.2, 0.25) is 0 Å². The fourth-order valence-corrected chi connectivity index (χ4v) is 4.03. The van der Waals surface area contributed by atoms with Gasteiger partial charge in [-0.15, -0.1) is 0 Å². The molecule has 128 valence electrons. The summed E-state index contributed by atoms with van der Waals surface area (Å²) in [6.45, 7) is 0.803. The molecule has 24 heavy (non-hydrogen) atoms. The number of anilines is 1. The summed E-state index contributed by atoms with van der Waals surface area (Å²) in [6.07, 6.45) is 7.96. The number of rotatable bonds is 4. The fourth-order valence-electron chi connectivity index (χ4n) is 4.03. The van der Waals surface area contributed by atoms with Gasteiger partial charge < -0.3 is 10.0 Å². The highest BCUT2D eigenvalue weighted by Crippen LogP contribution is 2.29. The first-order valence-corrected chi connectivity index (χ1v) is 9.05. The van der Waals surface area contributed by atoms with Gasteiger partial charge in [0.15, 0.2) is 11.4 Å². The molecule has 1 aliphatic carbocycles. The second kappa shape index (κ2) is 6.51. The molecule has 0 unspecified atom stereocenters. The molecule has 1 atom stereocenters. The molecule has 0 radical (unpaired) electrons. The molecule has 2 aromatic rings. The lowest BCUT2D eigenvalue weighted by Crippen LogP contribution is -2.29. The van der Waals surface area contributed by atoms with Crippen LogP contribution in [0.25, 0.3) is 11.0 Å². The molecular weight excluding hydrogens is 304 g/mol. The molecule has 2 aromatic heterocycles. The molecule has 0 aromatic carbocycles. The van der Waals surface area contributed by atoms with E-state index in [1.54, 1.807) is 0 Å². The van der Waals surface area contributed by atoms with Crippen LogP contribution >= 0.6 is 0 Å². The number of aliphatic hydroxyl groups is 1. The highest BCUT2D eigenvalue weighted by atomic mass is 16.3. The normalized spacial score (nSPS) is 22.4. The van der Waals surface area contributed by atoms with Gasteiger partial charge in [0.05, 0.1) is 0 Å². The maximum Gasteiger partial charge on any atom is 0.183 e. The molecule has 4 rings (SSSR count). The maximum absolute atomic E-state index is 12.6. The van der Waals surface area contributed by atoms with Gasteiger partial charge in [-0.25, -0.2) is 4.98 Å². The van der Waals surface area contributed by atoms with Gasteiger partial charge in [-0.2, -0.15) is 5.10 Å². The minimum absolute atomic E-state index is 0.139. The van der Waals surface area contributed by atoms with Gasteiger partial charge in [-0.1, -0.05) is 32.1 Å². The lowest BCUT2D eigenvalue weighted by molar-refractivity contribution is 0.0947. The zero-order valence-corrected chi connectivity index (χ0v) is 13.9. The lowest BCUT2D eigenvalue weighted by atomic mass is 9.85. The second-order valence-corrected chi connectivity index (χ2v) is 7.09. The van der Waals surface area contributed by atoms with Crippen molar-refractivity contribution < 1.29 is 9.90 Å². The highest BCUT2D eigenvalue weighted by Gasteiger charge is 2.25. The number of aliphatic hydroxyl groups excluding tert-OH is 1. The van der Waals surface area contributed by atoms with Crippen LogP contribution in [-0.4, -0.2) is 38.8 Å². The number of nitrogens with one attached hydrogen (secondary N) is 1. The van der Waals surface area contributed by atoms with Crippen LogP contribution < -0.4 is 4.90 Å². The number of aromatic nitrogens is 3. The van der Waals surface area contributed by atoms with Crippen LogP contribution in [0.15, 0.2) is 12.1 Å². The molecule has 0 bridgehead atoms. The predicted molar refractivity (Wildman–Crippen MR) is 92.0 cm³/mol. The van der Waals surface area contributed by atoms with Gasteiger partial charge in [0.2, 0.25) is 0 Å². The average molecular weight is 328 g/mol. The number of hydrogen-bond acceptors (Lipinski definition) is 5. The lowest BCUT2D eigenvalue weighted by Gasteiger charge is -2.21. The number of carbonyl (C=O) groups excluding carboxylic acids is 1. The third-order valence-electron chi connectivity index (χ3n) is 5.40. The van der Waals surface area contributed by atoms with Gasteiger partial charge in [0, 0.05) is 18.4 Å². The van der Waals surface area contributed by atoms with Crippen LogP contribution in [0, 0.1) is 5.92 Å². The average Bonchev–Trinajstić information content (AvgIpc) is 3.21. The third-order valence-corrected chi connectivity index (χ3v) is 5.40. The number of H-pyrrole nitrogens is 1. The van der Waals surface area contributed by atoms with E-state index in [4.69, 9.17) is 0 Å². The molecule has 1 saturated heterocycles. The van der Waals surface area contributed by atoms with E-state index >= 15 is 0 Å². The molecule has 2 aliphatic rings. The van der Waals surface area contributed by atoms with Crippen molar-refractivity contribution in [1.82, 2.24) is 15.2 Å². The van der Waals surface area contributed by atoms with E-state index in [-0.39, 0.29) is 5.78 Å². The smallest absolute Gasteiger partial charge is 0.183 e. The SMILES string of the molecule is O=C(CC1CCCCC1)c1[nH]nc2nc(N3CCC[C@H]3O)ccc12. The van der Waals surface area contributed by atoms with E-state index in [1.165, 1.54) is 19.3 Å². The largest absolute Gasteiger partial charge is 0.374 e. The van der Waals surface area contributed by atoms with Crippen molar-refractivity contribution in [1.29, 1.82) is 0 Å². The predicted octanol–water partition coefficient (Wildman–Crippen LogP) is 3.03. The van der Waals surface area contributed by atoms with Gasteiger partial charge >= 0.3 is 0 Å². The van der Waals surface area contributed by atoms with Crippen molar-refractivity contribution in [3.8, 4) is 0 Å². The van der Waals surface area contributed by atoms with Gasteiger partial charge in [-0.05, 0) is 30.9 Å². The summed E-state index contributed by atoms with van der Waals surface area (Å²) in [6, 6.07) is 3.78. The number of Topliss-reactive ketones (excluding diaryl/α,β-unsaturated/α-hetero) is 1. The Morgan fingerprint density at radius 3 is 2.79 bits per heavy atom. The van der Waals surface area contributed by atoms with E-state index in [0.29, 0.717) is 23.7 Å². The highest BCUT2D eigenvalue weighted by molar-refractivity contribution is 6.05. The Labute approximate surface area is 141 Å². The minimum Gasteiger partial charge on any atom is -0.374 e. The summed E-state index contributed by atoms with van der Waals surface area (Å²) in [5.74, 6) is 1.38. The molecule has 1 aliphatic heterocycles. The zero-order chi connectivity index (χ0) is 16.5. The van der Waals surface area contributed by atoms with E-state index in [2.05, 4.69) is 15.2 Å². The van der Waals surface area contributed by atoms with Crippen molar-refractivity contribution in [2.75, 3.05) is 11.4 Å². The molecule has 3 heterocycles. The standard InChI is InChI=1S/C18H24N4O2/c23-14(11-12-5-2-1-3-6-12)17-13-8-9-15(19-18(13)21-20-17)22-10-4-7-16(22)24/h8-9,12,16,24H,1-7,10-11H2,(H,19,20,21)/t16-/m1/s1. The Bertz CT molecular complexity index is 736. The van der Waals surface area contributed by atoms with Crippen molar-refractivity contribution in [3.05, 3.63) is 17.8 Å². The second-order valence-electron chi connectivity index (χ2n) is 7.09. The first kappa shape index (κ1) is 15.6. The summed E-state index contributed by atoms with van der Waals surface area (Å²) in [5, 5.41) is 17.9. The van der Waals surface area contributed by atoms with Crippen molar-refractivity contribution in [2.24, 2.45) is 5.92 Å². The topological polar surface area (TPSA) is 82.1 Å². The van der Waals surface area contributed by atoms with E-state index in [0.717, 1.165) is 43.4 Å². The Kier molecular flexibility index (Phi) is 4.22. The summed E-state index contributed by atoms with van der Waals surface area (Å²) in [4.78, 5) is 19.0. The maximum atomic E-state index is 12.6. The minimum atomic E-state index is -0.471. The van der Waals surface area contributed by atoms with E-state index in [9.17, 15) is 9.90 Å². The molecule has 2 fully saturated rings. The summed E-state index contributed by atoms with van der Waals surface area (Å²) >= 11 is 0. The van der Waals surface area contributed by atoms with Gasteiger partial charge in [-0.3, -0.25) is 9.89 Å². The summed E-state index contributed by atoms with van der Waals surface area (Å²) in [7, 11) is 0. The Morgan fingerprint density at radius 1 is 1.21 bits per heavy atom. The molecule has 0 amide bonds. The number of ketones is 1. The Morgan fingerprint density at radius 2 is 2.04 bits per heavy atom.